The van der Waals surface area contributed by atoms with Crippen LogP contribution in [0.3, 0.4) is 0 Å². The van der Waals surface area contributed by atoms with Crippen LogP contribution in [0.25, 0.3) is 0 Å². The Kier molecular flexibility index (Phi) is 15.9. The molecular formula is C39H53N5O6. The minimum Gasteiger partial charge on any atom is -0.508 e. The molecule has 0 bridgehead atoms. The third kappa shape index (κ3) is 12.3. The molecule has 0 saturated carbocycles. The Balaban J connectivity index is 1.93. The van der Waals surface area contributed by atoms with Crippen LogP contribution in [0.4, 0.5) is 0 Å². The highest BCUT2D eigenvalue weighted by atomic mass is 16.3. The molecule has 4 amide bonds. The number of aliphatic hydroxyl groups excluding tert-OH is 1. The molecule has 0 aromatic heterocycles. The average molecular weight is 688 g/mol. The lowest BCUT2D eigenvalue weighted by Crippen LogP contribution is -2.53. The van der Waals surface area contributed by atoms with Gasteiger partial charge < -0.3 is 25.3 Å². The number of hydrogen-bond acceptors (Lipinski definition) is 7. The van der Waals surface area contributed by atoms with E-state index in [0.717, 1.165) is 36.8 Å². The maximum atomic E-state index is 14.0. The van der Waals surface area contributed by atoms with Crippen LogP contribution in [0, 0.1) is 0 Å². The van der Waals surface area contributed by atoms with Crippen molar-refractivity contribution < 1.29 is 29.4 Å². The molecular weight excluding hydrogens is 634 g/mol. The fraction of sp³-hybridized carbons (Fsp3) is 0.436. The summed E-state index contributed by atoms with van der Waals surface area (Å²) < 4.78 is 0. The number of nitrogens with zero attached hydrogens (tertiary/aromatic N) is 3. The molecule has 0 saturated heterocycles. The number of carbonyl (C=O) groups excluding carboxylic acids is 4. The molecule has 0 radical (unpaired) electrons. The zero-order valence-corrected chi connectivity index (χ0v) is 30.0. The molecule has 11 heteroatoms. The summed E-state index contributed by atoms with van der Waals surface area (Å²) in [5.74, 6) is -1.33. The highest BCUT2D eigenvalue weighted by Crippen LogP contribution is 2.18. The van der Waals surface area contributed by atoms with Crippen LogP contribution < -0.4 is 10.7 Å². The van der Waals surface area contributed by atoms with Crippen molar-refractivity contribution in [1.82, 2.24) is 25.6 Å². The lowest BCUT2D eigenvalue weighted by Gasteiger charge is -2.30. The first kappa shape index (κ1) is 39.7. The Morgan fingerprint density at radius 3 is 1.92 bits per heavy atom. The maximum Gasteiger partial charge on any atom is 0.253 e. The van der Waals surface area contributed by atoms with E-state index in [0.29, 0.717) is 19.6 Å². The number of carbonyl (C=O) groups is 4. The molecule has 2 atom stereocenters. The molecule has 50 heavy (non-hydrogen) atoms. The molecule has 0 spiro atoms. The number of amides is 4. The largest absolute Gasteiger partial charge is 0.508 e. The van der Waals surface area contributed by atoms with Crippen LogP contribution >= 0.6 is 0 Å². The quantitative estimate of drug-likeness (QED) is 0.137. The first-order chi connectivity index (χ1) is 23.9. The van der Waals surface area contributed by atoms with E-state index in [2.05, 4.69) is 10.7 Å². The molecule has 3 aromatic rings. The molecule has 0 aliphatic heterocycles. The summed E-state index contributed by atoms with van der Waals surface area (Å²) in [6.07, 6.45) is 2.39. The number of benzene rings is 3. The lowest BCUT2D eigenvalue weighted by molar-refractivity contribution is -0.126. The molecule has 0 aliphatic rings. The summed E-state index contributed by atoms with van der Waals surface area (Å²) in [6, 6.07) is 19.5. The Morgan fingerprint density at radius 1 is 0.740 bits per heavy atom. The van der Waals surface area contributed by atoms with Gasteiger partial charge >= 0.3 is 0 Å². The van der Waals surface area contributed by atoms with E-state index in [1.165, 1.54) is 35.2 Å². The first-order valence-corrected chi connectivity index (χ1v) is 17.5. The Morgan fingerprint density at radius 2 is 1.34 bits per heavy atom. The summed E-state index contributed by atoms with van der Waals surface area (Å²) in [6.45, 7) is 7.59. The van der Waals surface area contributed by atoms with Gasteiger partial charge in [-0.3, -0.25) is 24.6 Å². The van der Waals surface area contributed by atoms with Crippen LogP contribution in [0.15, 0.2) is 72.8 Å². The number of aromatic hydroxyl groups is 1. The standard InChI is InChI=1S/C39H53N5O6/c1-6-9-21-44(41-36(47)23-28-13-11-10-12-14-28)27-35(46)34(22-29-15-17-33(45)18-16-29)40-37(48)30-24-31(38(49)42(4)5)26-32(25-30)39(50)43(19-7-2)20-8-3/h10-18,24-26,34-35,45-46H,6-9,19-23,27H2,1-5H3,(H,40,48)(H,41,47). The van der Waals surface area contributed by atoms with Gasteiger partial charge in [-0.2, -0.15) is 0 Å². The summed E-state index contributed by atoms with van der Waals surface area (Å²) in [7, 11) is 3.20. The molecule has 3 aromatic carbocycles. The number of rotatable bonds is 19. The van der Waals surface area contributed by atoms with Gasteiger partial charge in [-0.05, 0) is 67.1 Å². The van der Waals surface area contributed by atoms with E-state index in [1.54, 1.807) is 36.1 Å². The minimum absolute atomic E-state index is 0.0233. The van der Waals surface area contributed by atoms with E-state index < -0.39 is 18.1 Å². The van der Waals surface area contributed by atoms with Crippen molar-refractivity contribution in [3.8, 4) is 5.75 Å². The van der Waals surface area contributed by atoms with Gasteiger partial charge in [-0.15, -0.1) is 0 Å². The predicted octanol–water partition coefficient (Wildman–Crippen LogP) is 4.43. The van der Waals surface area contributed by atoms with E-state index in [4.69, 9.17) is 0 Å². The van der Waals surface area contributed by atoms with Crippen LogP contribution in [-0.2, 0) is 17.6 Å². The van der Waals surface area contributed by atoms with Gasteiger partial charge in [0.05, 0.1) is 18.6 Å². The molecule has 3 rings (SSSR count). The van der Waals surface area contributed by atoms with E-state index >= 15 is 0 Å². The number of hydrogen-bond donors (Lipinski definition) is 4. The van der Waals surface area contributed by atoms with Crippen LogP contribution in [0.5, 0.6) is 5.75 Å². The van der Waals surface area contributed by atoms with Gasteiger partial charge in [0.25, 0.3) is 17.7 Å². The van der Waals surface area contributed by atoms with Crippen molar-refractivity contribution in [2.75, 3.05) is 40.3 Å². The highest BCUT2D eigenvalue weighted by Gasteiger charge is 2.27. The number of aliphatic hydroxyl groups is 1. The van der Waals surface area contributed by atoms with Crippen molar-refractivity contribution >= 4 is 23.6 Å². The minimum atomic E-state index is -1.14. The molecule has 11 nitrogen and oxygen atoms in total. The van der Waals surface area contributed by atoms with Crippen LogP contribution in [0.2, 0.25) is 0 Å². The number of hydrazine groups is 1. The highest BCUT2D eigenvalue weighted by molar-refractivity contribution is 6.04. The Hall–Kier alpha value is -4.74. The maximum absolute atomic E-state index is 14.0. The van der Waals surface area contributed by atoms with Gasteiger partial charge in [0.2, 0.25) is 5.91 Å². The van der Waals surface area contributed by atoms with Crippen molar-refractivity contribution in [1.29, 1.82) is 0 Å². The number of unbranched alkanes of at least 4 members (excludes halogenated alkanes) is 1. The molecule has 4 N–H and O–H groups in total. The van der Waals surface area contributed by atoms with Gasteiger partial charge in [0.15, 0.2) is 0 Å². The summed E-state index contributed by atoms with van der Waals surface area (Å²) >= 11 is 0. The lowest BCUT2D eigenvalue weighted by atomic mass is 9.99. The van der Waals surface area contributed by atoms with Crippen LogP contribution in [-0.4, -0.2) is 101 Å². The molecule has 0 fully saturated rings. The SMILES string of the molecule is CCCCN(CC(O)C(Cc1ccc(O)cc1)NC(=O)c1cc(C(=O)N(C)C)cc(C(=O)N(CCC)CCC)c1)NC(=O)Cc1ccccc1. The summed E-state index contributed by atoms with van der Waals surface area (Å²) in [4.78, 5) is 56.8. The van der Waals surface area contributed by atoms with E-state index in [-0.39, 0.29) is 59.5 Å². The van der Waals surface area contributed by atoms with Crippen LogP contribution in [0.1, 0.15) is 88.7 Å². The molecule has 2 unspecified atom stereocenters. The summed E-state index contributed by atoms with van der Waals surface area (Å²) in [5, 5.41) is 26.1. The fourth-order valence-corrected chi connectivity index (χ4v) is 5.61. The Labute approximate surface area is 296 Å². The molecule has 0 heterocycles. The smallest absolute Gasteiger partial charge is 0.253 e. The van der Waals surface area contributed by atoms with Gasteiger partial charge in [0, 0.05) is 57.0 Å². The first-order valence-electron chi connectivity index (χ1n) is 17.5. The van der Waals surface area contributed by atoms with Gasteiger partial charge in [-0.1, -0.05) is 69.7 Å². The number of phenolic OH excluding ortho intramolecular Hbond substituents is 1. The second-order valence-corrected chi connectivity index (χ2v) is 12.8. The van der Waals surface area contributed by atoms with Gasteiger partial charge in [0.1, 0.15) is 5.75 Å². The summed E-state index contributed by atoms with van der Waals surface area (Å²) in [5.41, 5.74) is 5.07. The number of nitrogens with one attached hydrogen (secondary N) is 2. The fourth-order valence-electron chi connectivity index (χ4n) is 5.61. The monoisotopic (exact) mass is 687 g/mol. The van der Waals surface area contributed by atoms with E-state index in [1.807, 2.05) is 51.1 Å². The van der Waals surface area contributed by atoms with Crippen molar-refractivity contribution in [3.63, 3.8) is 0 Å². The van der Waals surface area contributed by atoms with Crippen molar-refractivity contribution in [2.45, 2.75) is 71.4 Å². The topological polar surface area (TPSA) is 143 Å². The Bertz CT molecular complexity index is 1540. The molecule has 0 aliphatic carbocycles. The third-order valence-corrected chi connectivity index (χ3v) is 8.22. The van der Waals surface area contributed by atoms with E-state index in [9.17, 15) is 29.4 Å². The molecule has 270 valence electrons. The zero-order chi connectivity index (χ0) is 36.6. The van der Waals surface area contributed by atoms with Gasteiger partial charge in [-0.25, -0.2) is 5.01 Å². The van der Waals surface area contributed by atoms with Crippen molar-refractivity contribution in [2.24, 2.45) is 0 Å². The zero-order valence-electron chi connectivity index (χ0n) is 30.0. The predicted molar refractivity (Wildman–Crippen MR) is 195 cm³/mol. The average Bonchev–Trinajstić information content (AvgIpc) is 3.10. The number of phenols is 1. The second-order valence-electron chi connectivity index (χ2n) is 12.8. The van der Waals surface area contributed by atoms with Crippen molar-refractivity contribution in [3.05, 3.63) is 101 Å². The second kappa shape index (κ2) is 20.1. The normalized spacial score (nSPS) is 12.2. The third-order valence-electron chi connectivity index (χ3n) is 8.22.